The maximum atomic E-state index is 15.6. The molecule has 0 aliphatic heterocycles. The first-order valence-corrected chi connectivity index (χ1v) is 14.4. The largest absolute Gasteiger partial charge is 0.507 e. The number of fused-ring (bicyclic) bond motifs is 2. The Bertz CT molecular complexity index is 1360. The maximum Gasteiger partial charge on any atom is 0.214 e. The van der Waals surface area contributed by atoms with Gasteiger partial charge >= 0.3 is 0 Å². The minimum absolute atomic E-state index is 0.0858. The fourth-order valence-electron chi connectivity index (χ4n) is 6.01. The molecule has 4 atom stereocenters. The fraction of sp³-hybridized carbons (Fsp3) is 0.462. The minimum Gasteiger partial charge on any atom is -0.507 e. The van der Waals surface area contributed by atoms with Crippen molar-refractivity contribution in [2.45, 2.75) is 59.5 Å². The Morgan fingerprint density at radius 1 is 1.11 bits per heavy atom. The lowest BCUT2D eigenvalue weighted by Gasteiger charge is -2.46. The Balaban J connectivity index is 1.36. The van der Waals surface area contributed by atoms with Gasteiger partial charge in [-0.3, -0.25) is 0 Å². The second-order valence-electron chi connectivity index (χ2n) is 11.0. The molecule has 2 aliphatic rings. The summed E-state index contributed by atoms with van der Waals surface area (Å²) >= 11 is 13.7. The van der Waals surface area contributed by atoms with Crippen LogP contribution in [0.5, 0.6) is 5.75 Å². The summed E-state index contributed by atoms with van der Waals surface area (Å²) in [6, 6.07) is 7.52. The topological polar surface area (TPSA) is 75.0 Å². The molecule has 0 spiro atoms. The van der Waals surface area contributed by atoms with E-state index < -0.39 is 14.9 Å². The summed E-state index contributed by atoms with van der Waals surface area (Å²) in [6.07, 6.45) is 4.22. The lowest BCUT2D eigenvalue weighted by atomic mass is 9.67. The van der Waals surface area contributed by atoms with E-state index >= 15 is 4.39 Å². The van der Waals surface area contributed by atoms with Crippen LogP contribution >= 0.6 is 49.6 Å². The molecule has 1 aromatic carbocycles. The van der Waals surface area contributed by atoms with Crippen LogP contribution in [0.2, 0.25) is 0 Å². The molecule has 0 amide bonds. The quantitative estimate of drug-likeness (QED) is 0.110. The summed E-state index contributed by atoms with van der Waals surface area (Å²) in [5.74, 6) is -0.0495. The molecular formula is C26H29F2N5OS4. The van der Waals surface area contributed by atoms with E-state index in [0.717, 1.165) is 37.4 Å². The van der Waals surface area contributed by atoms with E-state index in [-0.39, 0.29) is 28.4 Å². The van der Waals surface area contributed by atoms with Crippen molar-refractivity contribution in [1.29, 1.82) is 0 Å². The molecule has 2 bridgehead atoms. The van der Waals surface area contributed by atoms with Crippen LogP contribution in [0.25, 0.3) is 22.5 Å². The molecule has 2 saturated carbocycles. The molecule has 0 radical (unpaired) electrons. The molecule has 2 heterocycles. The van der Waals surface area contributed by atoms with Crippen LogP contribution in [-0.2, 0) is 0 Å². The van der Waals surface area contributed by atoms with Crippen LogP contribution < -0.4 is 4.90 Å². The number of alkyl halides is 1. The SMILES string of the molecule is CN(c1cnc(-c2ccc(-c3cc(F)nc(SC(S)(S)S)c3)cc2O)nn1)[C@H]1C[C@]2(C)CC[C@@](C)(C2)[C@H]1F. The van der Waals surface area contributed by atoms with Crippen molar-refractivity contribution in [3.05, 3.63) is 42.5 Å². The highest BCUT2D eigenvalue weighted by Crippen LogP contribution is 2.59. The Morgan fingerprint density at radius 3 is 2.53 bits per heavy atom. The molecule has 2 aromatic heterocycles. The molecule has 2 aliphatic carbocycles. The number of aromatic nitrogens is 4. The number of hydrogen-bond donors (Lipinski definition) is 4. The number of pyridine rings is 1. The van der Waals surface area contributed by atoms with Crippen LogP contribution in [0.4, 0.5) is 14.6 Å². The first-order valence-electron chi connectivity index (χ1n) is 12.2. The summed E-state index contributed by atoms with van der Waals surface area (Å²) in [5, 5.41) is 19.6. The van der Waals surface area contributed by atoms with Gasteiger partial charge in [-0.05, 0) is 60.4 Å². The van der Waals surface area contributed by atoms with Gasteiger partial charge in [0, 0.05) is 18.5 Å². The van der Waals surface area contributed by atoms with E-state index in [1.54, 1.807) is 24.4 Å². The van der Waals surface area contributed by atoms with Crippen molar-refractivity contribution in [2.24, 2.45) is 10.8 Å². The second kappa shape index (κ2) is 10.0. The summed E-state index contributed by atoms with van der Waals surface area (Å²) in [5.41, 5.74) is 1.29. The molecule has 38 heavy (non-hydrogen) atoms. The van der Waals surface area contributed by atoms with Gasteiger partial charge in [0.2, 0.25) is 5.95 Å². The highest BCUT2D eigenvalue weighted by atomic mass is 32.3. The predicted octanol–water partition coefficient (Wildman–Crippen LogP) is 6.68. The number of thiol groups is 3. The maximum absolute atomic E-state index is 15.6. The molecule has 1 N–H and O–H groups in total. The lowest BCUT2D eigenvalue weighted by Crippen LogP contribution is -2.52. The Labute approximate surface area is 241 Å². The van der Waals surface area contributed by atoms with Gasteiger partial charge in [0.25, 0.3) is 0 Å². The number of benzene rings is 1. The van der Waals surface area contributed by atoms with Crippen LogP contribution in [0.1, 0.15) is 39.5 Å². The minimum atomic E-state index is -1.04. The average Bonchev–Trinajstić information content (AvgIpc) is 3.11. The zero-order valence-corrected chi connectivity index (χ0v) is 24.6. The van der Waals surface area contributed by atoms with Gasteiger partial charge in [-0.2, -0.15) is 4.39 Å². The summed E-state index contributed by atoms with van der Waals surface area (Å²) in [6.45, 7) is 4.30. The Hall–Kier alpha value is -1.76. The normalized spacial score (nSPS) is 26.9. The monoisotopic (exact) mass is 593 g/mol. The van der Waals surface area contributed by atoms with Crippen molar-refractivity contribution < 1.29 is 13.9 Å². The summed E-state index contributed by atoms with van der Waals surface area (Å²) in [4.78, 5) is 10.1. The Morgan fingerprint density at radius 2 is 1.87 bits per heavy atom. The summed E-state index contributed by atoms with van der Waals surface area (Å²) in [7, 11) is 1.84. The first-order chi connectivity index (χ1) is 17.8. The highest BCUT2D eigenvalue weighted by Gasteiger charge is 2.56. The van der Waals surface area contributed by atoms with E-state index in [1.165, 1.54) is 12.1 Å². The number of aromatic hydroxyl groups is 1. The molecule has 2 fully saturated rings. The van der Waals surface area contributed by atoms with Crippen LogP contribution in [0, 0.1) is 16.8 Å². The van der Waals surface area contributed by atoms with Gasteiger partial charge in [0.05, 0.1) is 17.8 Å². The molecule has 6 nitrogen and oxygen atoms in total. The number of rotatable bonds is 6. The molecular weight excluding hydrogens is 565 g/mol. The molecule has 5 rings (SSSR count). The van der Waals surface area contributed by atoms with Crippen LogP contribution in [0.15, 0.2) is 41.6 Å². The number of halogens is 2. The zero-order chi connectivity index (χ0) is 27.5. The fourth-order valence-corrected chi connectivity index (χ4v) is 7.45. The van der Waals surface area contributed by atoms with Crippen LogP contribution in [0.3, 0.4) is 0 Å². The average molecular weight is 594 g/mol. The van der Waals surface area contributed by atoms with E-state index in [9.17, 15) is 9.50 Å². The number of phenolic OH excluding ortho intramolecular Hbond substituents is 1. The third-order valence-electron chi connectivity index (χ3n) is 7.83. The third kappa shape index (κ3) is 5.59. The van der Waals surface area contributed by atoms with Crippen molar-refractivity contribution in [3.63, 3.8) is 0 Å². The first kappa shape index (κ1) is 27.8. The number of thioether (sulfide) groups is 1. The van der Waals surface area contributed by atoms with E-state index in [0.29, 0.717) is 27.5 Å². The van der Waals surface area contributed by atoms with Crippen molar-refractivity contribution in [1.82, 2.24) is 20.2 Å². The van der Waals surface area contributed by atoms with Crippen molar-refractivity contribution in [3.8, 4) is 28.3 Å². The second-order valence-corrected chi connectivity index (χ2v) is 16.2. The number of phenols is 1. The van der Waals surface area contributed by atoms with E-state index in [2.05, 4.69) is 71.9 Å². The zero-order valence-electron chi connectivity index (χ0n) is 21.1. The standard InChI is InChI=1S/C26H29F2N5OS4/c1-24-6-7-25(2,13-24)22(28)17(11-24)33(3)20-12-29-23(32-31-20)16-5-4-14(8-18(16)34)15-9-19(27)30-21(10-15)38-26(35,36)37/h4-5,8-10,12,17,22,34-37H,6-7,11,13H2,1-3H3/t17-,22-,24-,25-/m0/s1. The summed E-state index contributed by atoms with van der Waals surface area (Å²) < 4.78 is 28.7. The van der Waals surface area contributed by atoms with Gasteiger partial charge in [0.1, 0.15) is 16.9 Å². The lowest BCUT2D eigenvalue weighted by molar-refractivity contribution is 0.0380. The Kier molecular flexibility index (Phi) is 7.32. The highest BCUT2D eigenvalue weighted by molar-refractivity contribution is 8.36. The van der Waals surface area contributed by atoms with Crippen LogP contribution in [-0.4, -0.2) is 47.3 Å². The molecule has 202 valence electrons. The number of anilines is 1. The van der Waals surface area contributed by atoms with Gasteiger partial charge in [-0.15, -0.1) is 48.1 Å². The van der Waals surface area contributed by atoms with Gasteiger partial charge in [0.15, 0.2) is 14.4 Å². The third-order valence-corrected chi connectivity index (χ3v) is 9.34. The van der Waals surface area contributed by atoms with Crippen molar-refractivity contribution in [2.75, 3.05) is 11.9 Å². The van der Waals surface area contributed by atoms with Gasteiger partial charge < -0.3 is 10.0 Å². The van der Waals surface area contributed by atoms with Gasteiger partial charge in [-0.25, -0.2) is 14.4 Å². The predicted molar refractivity (Wildman–Crippen MR) is 157 cm³/mol. The molecule has 0 saturated heterocycles. The molecule has 0 unspecified atom stereocenters. The van der Waals surface area contributed by atoms with E-state index in [4.69, 9.17) is 0 Å². The number of hydrogen-bond acceptors (Lipinski definition) is 10. The van der Waals surface area contributed by atoms with Crippen molar-refractivity contribution >= 4 is 55.5 Å². The van der Waals surface area contributed by atoms with E-state index in [1.807, 2.05) is 11.9 Å². The molecule has 3 aromatic rings. The molecule has 12 heteroatoms. The number of nitrogens with zero attached hydrogens (tertiary/aromatic N) is 5. The smallest absolute Gasteiger partial charge is 0.214 e. The van der Waals surface area contributed by atoms with Gasteiger partial charge in [-0.1, -0.05) is 31.7 Å².